The van der Waals surface area contributed by atoms with Crippen LogP contribution in [0, 0.1) is 11.8 Å². The molecule has 1 saturated heterocycles. The standard InChI is InChI=1S/C27H39N3O3/c1-5-23-15-17-30(21(3)31)19-25(23)14-16-29-27(33)24(18-20(2)26(32)28-4)13-9-12-22-10-7-6-8-11-22/h6-8,10-11,13,18,23,25H,5,9,12,14-17,19H2,1-4H3,(H,28,32)(H,29,33)/b20-18+,24-13+. The number of rotatable bonds is 10. The lowest BCUT2D eigenvalue weighted by Crippen LogP contribution is -2.43. The quantitative estimate of drug-likeness (QED) is 0.419. The first-order valence-corrected chi connectivity index (χ1v) is 12.0. The summed E-state index contributed by atoms with van der Waals surface area (Å²) in [5.41, 5.74) is 2.21. The van der Waals surface area contributed by atoms with Gasteiger partial charge in [0.1, 0.15) is 0 Å². The molecule has 0 aromatic heterocycles. The first-order valence-electron chi connectivity index (χ1n) is 12.0. The number of carbonyl (C=O) groups excluding carboxylic acids is 3. The van der Waals surface area contributed by atoms with Crippen LogP contribution in [0.2, 0.25) is 0 Å². The van der Waals surface area contributed by atoms with Crippen LogP contribution >= 0.6 is 0 Å². The molecule has 0 radical (unpaired) electrons. The van der Waals surface area contributed by atoms with Crippen LogP contribution in [0.4, 0.5) is 0 Å². The smallest absolute Gasteiger partial charge is 0.250 e. The third-order valence-corrected chi connectivity index (χ3v) is 6.52. The number of benzene rings is 1. The molecule has 0 bridgehead atoms. The number of allylic oxidation sites excluding steroid dienone is 1. The molecule has 6 nitrogen and oxygen atoms in total. The van der Waals surface area contributed by atoms with Crippen LogP contribution in [0.1, 0.15) is 52.0 Å². The van der Waals surface area contributed by atoms with Gasteiger partial charge in [-0.05, 0) is 56.1 Å². The summed E-state index contributed by atoms with van der Waals surface area (Å²) in [5, 5.41) is 5.65. The van der Waals surface area contributed by atoms with Crippen LogP contribution in [-0.2, 0) is 20.8 Å². The molecule has 2 unspecified atom stereocenters. The normalized spacial score (nSPS) is 19.2. The van der Waals surface area contributed by atoms with Crippen LogP contribution in [0.3, 0.4) is 0 Å². The zero-order valence-corrected chi connectivity index (χ0v) is 20.5. The van der Waals surface area contributed by atoms with Gasteiger partial charge in [0.05, 0.1) is 0 Å². The summed E-state index contributed by atoms with van der Waals surface area (Å²) < 4.78 is 0. The number of aryl methyl sites for hydroxylation is 1. The number of nitrogens with zero attached hydrogens (tertiary/aromatic N) is 1. The molecule has 6 heteroatoms. The van der Waals surface area contributed by atoms with Crippen molar-refractivity contribution in [3.63, 3.8) is 0 Å². The number of amides is 3. The predicted molar refractivity (Wildman–Crippen MR) is 132 cm³/mol. The second-order valence-electron chi connectivity index (χ2n) is 8.82. The molecule has 1 aromatic carbocycles. The molecule has 1 aliphatic rings. The molecular weight excluding hydrogens is 414 g/mol. The highest BCUT2D eigenvalue weighted by Gasteiger charge is 2.29. The number of piperidine rings is 1. The Morgan fingerprint density at radius 1 is 1.09 bits per heavy atom. The van der Waals surface area contributed by atoms with E-state index < -0.39 is 0 Å². The fraction of sp³-hybridized carbons (Fsp3) is 0.519. The van der Waals surface area contributed by atoms with Crippen molar-refractivity contribution in [1.29, 1.82) is 0 Å². The van der Waals surface area contributed by atoms with Gasteiger partial charge >= 0.3 is 0 Å². The Bertz CT molecular complexity index is 861. The Morgan fingerprint density at radius 3 is 2.45 bits per heavy atom. The van der Waals surface area contributed by atoms with Gasteiger partial charge in [-0.1, -0.05) is 49.8 Å². The molecule has 3 amide bonds. The maximum atomic E-state index is 13.0. The molecule has 1 fully saturated rings. The van der Waals surface area contributed by atoms with Gasteiger partial charge in [-0.25, -0.2) is 0 Å². The van der Waals surface area contributed by atoms with Crippen molar-refractivity contribution >= 4 is 17.7 Å². The van der Waals surface area contributed by atoms with E-state index in [1.54, 1.807) is 27.0 Å². The number of hydrogen-bond acceptors (Lipinski definition) is 3. The summed E-state index contributed by atoms with van der Waals surface area (Å²) in [6.45, 7) is 7.67. The first kappa shape index (κ1) is 26.4. The van der Waals surface area contributed by atoms with E-state index in [1.807, 2.05) is 29.2 Å². The highest BCUT2D eigenvalue weighted by atomic mass is 16.2. The highest BCUT2D eigenvalue weighted by Crippen LogP contribution is 2.28. The van der Waals surface area contributed by atoms with Gasteiger partial charge < -0.3 is 15.5 Å². The van der Waals surface area contributed by atoms with Gasteiger partial charge in [0.2, 0.25) is 11.8 Å². The minimum Gasteiger partial charge on any atom is -0.355 e. The zero-order chi connectivity index (χ0) is 24.2. The molecule has 0 saturated carbocycles. The van der Waals surface area contributed by atoms with Crippen molar-refractivity contribution in [1.82, 2.24) is 15.5 Å². The third kappa shape index (κ3) is 8.52. The zero-order valence-electron chi connectivity index (χ0n) is 20.5. The minimum atomic E-state index is -0.200. The Kier molecular flexibility index (Phi) is 10.9. The number of hydrogen-bond donors (Lipinski definition) is 2. The van der Waals surface area contributed by atoms with Crippen LogP contribution in [-0.4, -0.2) is 49.3 Å². The Balaban J connectivity index is 2.01. The summed E-state index contributed by atoms with van der Waals surface area (Å²) in [6.07, 6.45) is 8.04. The summed E-state index contributed by atoms with van der Waals surface area (Å²) >= 11 is 0. The van der Waals surface area contributed by atoms with E-state index >= 15 is 0 Å². The van der Waals surface area contributed by atoms with E-state index in [0.717, 1.165) is 38.8 Å². The Morgan fingerprint density at radius 2 is 1.82 bits per heavy atom. The van der Waals surface area contributed by atoms with Gasteiger partial charge in [-0.2, -0.15) is 0 Å². The van der Waals surface area contributed by atoms with E-state index in [4.69, 9.17) is 0 Å². The van der Waals surface area contributed by atoms with E-state index in [2.05, 4.69) is 29.7 Å². The lowest BCUT2D eigenvalue weighted by atomic mass is 9.81. The maximum absolute atomic E-state index is 13.0. The molecule has 180 valence electrons. The summed E-state index contributed by atoms with van der Waals surface area (Å²) in [5.74, 6) is 0.722. The number of nitrogens with one attached hydrogen (secondary N) is 2. The molecule has 0 spiro atoms. The molecule has 1 heterocycles. The Labute approximate surface area is 198 Å². The largest absolute Gasteiger partial charge is 0.355 e. The molecule has 33 heavy (non-hydrogen) atoms. The van der Waals surface area contributed by atoms with E-state index in [-0.39, 0.29) is 17.7 Å². The van der Waals surface area contributed by atoms with Crippen LogP contribution < -0.4 is 10.6 Å². The summed E-state index contributed by atoms with van der Waals surface area (Å²) in [6, 6.07) is 10.1. The van der Waals surface area contributed by atoms with Crippen molar-refractivity contribution in [3.05, 3.63) is 59.2 Å². The van der Waals surface area contributed by atoms with E-state index in [0.29, 0.717) is 35.9 Å². The monoisotopic (exact) mass is 453 g/mol. The maximum Gasteiger partial charge on any atom is 0.250 e. The molecule has 2 N–H and O–H groups in total. The van der Waals surface area contributed by atoms with Crippen molar-refractivity contribution in [3.8, 4) is 0 Å². The van der Waals surface area contributed by atoms with E-state index in [1.165, 1.54) is 5.56 Å². The topological polar surface area (TPSA) is 78.5 Å². The van der Waals surface area contributed by atoms with Crippen LogP contribution in [0.5, 0.6) is 0 Å². The number of likely N-dealkylation sites (N-methyl/N-ethyl adjacent to an activating group) is 1. The molecular formula is C27H39N3O3. The summed E-state index contributed by atoms with van der Waals surface area (Å²) in [7, 11) is 1.58. The molecule has 2 atom stereocenters. The van der Waals surface area contributed by atoms with Crippen LogP contribution in [0.25, 0.3) is 0 Å². The number of carbonyl (C=O) groups is 3. The predicted octanol–water partition coefficient (Wildman–Crippen LogP) is 3.64. The van der Waals surface area contributed by atoms with Crippen molar-refractivity contribution in [2.24, 2.45) is 11.8 Å². The first-order chi connectivity index (χ1) is 15.8. The van der Waals surface area contributed by atoms with Crippen molar-refractivity contribution < 1.29 is 14.4 Å². The van der Waals surface area contributed by atoms with Crippen LogP contribution in [0.15, 0.2) is 53.6 Å². The summed E-state index contributed by atoms with van der Waals surface area (Å²) in [4.78, 5) is 38.7. The van der Waals surface area contributed by atoms with Gasteiger partial charge in [-0.15, -0.1) is 0 Å². The van der Waals surface area contributed by atoms with Gasteiger partial charge in [-0.3, -0.25) is 14.4 Å². The second kappa shape index (κ2) is 13.6. The van der Waals surface area contributed by atoms with E-state index in [9.17, 15) is 14.4 Å². The van der Waals surface area contributed by atoms with Crippen molar-refractivity contribution in [2.45, 2.75) is 52.9 Å². The lowest BCUT2D eigenvalue weighted by molar-refractivity contribution is -0.131. The lowest BCUT2D eigenvalue weighted by Gasteiger charge is -2.38. The molecule has 2 rings (SSSR count). The fourth-order valence-corrected chi connectivity index (χ4v) is 4.46. The number of likely N-dealkylation sites (tertiary alicyclic amines) is 1. The highest BCUT2D eigenvalue weighted by molar-refractivity contribution is 6.00. The third-order valence-electron chi connectivity index (χ3n) is 6.52. The van der Waals surface area contributed by atoms with Crippen molar-refractivity contribution in [2.75, 3.05) is 26.7 Å². The van der Waals surface area contributed by atoms with Gasteiger partial charge in [0.25, 0.3) is 5.91 Å². The van der Waals surface area contributed by atoms with Gasteiger partial charge in [0, 0.05) is 44.8 Å². The molecule has 1 aromatic rings. The average molecular weight is 454 g/mol. The average Bonchev–Trinajstić information content (AvgIpc) is 2.83. The Hall–Kier alpha value is -2.89. The van der Waals surface area contributed by atoms with Gasteiger partial charge in [0.15, 0.2) is 0 Å². The minimum absolute atomic E-state index is 0.122. The molecule has 1 aliphatic heterocycles. The molecule has 0 aliphatic carbocycles. The second-order valence-corrected chi connectivity index (χ2v) is 8.82. The SMILES string of the molecule is CCC1CCN(C(C)=O)CC1CCNC(=O)C(/C=C(\C)C(=O)NC)=C/CCc1ccccc1. The fourth-order valence-electron chi connectivity index (χ4n) is 4.46.